The molecule has 92 valence electrons. The van der Waals surface area contributed by atoms with Gasteiger partial charge in [-0.1, -0.05) is 13.0 Å². The molecule has 1 aliphatic carbocycles. The summed E-state index contributed by atoms with van der Waals surface area (Å²) in [6.07, 6.45) is 3.66. The summed E-state index contributed by atoms with van der Waals surface area (Å²) in [7, 11) is 0. The summed E-state index contributed by atoms with van der Waals surface area (Å²) in [5, 5.41) is 0. The minimum Gasteiger partial charge on any atom is -0.490 e. The quantitative estimate of drug-likeness (QED) is 0.708. The summed E-state index contributed by atoms with van der Waals surface area (Å²) in [6.45, 7) is 2.52. The summed E-state index contributed by atoms with van der Waals surface area (Å²) in [4.78, 5) is 10.4. The average molecular weight is 236 g/mol. The van der Waals surface area contributed by atoms with E-state index in [9.17, 15) is 9.18 Å². The van der Waals surface area contributed by atoms with Gasteiger partial charge in [0, 0.05) is 6.42 Å². The number of benzene rings is 1. The maximum atomic E-state index is 13.7. The monoisotopic (exact) mass is 236 g/mol. The molecule has 0 amide bonds. The maximum absolute atomic E-state index is 13.7. The van der Waals surface area contributed by atoms with E-state index < -0.39 is 0 Å². The number of aldehydes is 1. The fraction of sp³-hybridized carbons (Fsp3) is 0.500. The number of hydrogen-bond donors (Lipinski definition) is 0. The highest BCUT2D eigenvalue weighted by molar-refractivity contribution is 5.51. The largest absolute Gasteiger partial charge is 0.490 e. The second-order valence-electron chi connectivity index (χ2n) is 4.75. The molecule has 1 aliphatic rings. The lowest BCUT2D eigenvalue weighted by atomic mass is 9.98. The van der Waals surface area contributed by atoms with Gasteiger partial charge in [0.25, 0.3) is 0 Å². The molecule has 17 heavy (non-hydrogen) atoms. The summed E-state index contributed by atoms with van der Waals surface area (Å²) >= 11 is 0. The van der Waals surface area contributed by atoms with E-state index in [2.05, 4.69) is 0 Å². The van der Waals surface area contributed by atoms with Crippen LogP contribution in [0.1, 0.15) is 37.7 Å². The second kappa shape index (κ2) is 5.30. The predicted molar refractivity (Wildman–Crippen MR) is 63.7 cm³/mol. The van der Waals surface area contributed by atoms with E-state index in [-0.39, 0.29) is 11.7 Å². The van der Waals surface area contributed by atoms with E-state index in [4.69, 9.17) is 4.74 Å². The summed E-state index contributed by atoms with van der Waals surface area (Å²) in [5.74, 6) is 0.655. The van der Waals surface area contributed by atoms with Crippen molar-refractivity contribution in [3.8, 4) is 5.75 Å². The number of carbonyl (C=O) groups excluding carboxylic acids is 1. The van der Waals surface area contributed by atoms with Gasteiger partial charge in [0.15, 0.2) is 11.6 Å². The van der Waals surface area contributed by atoms with E-state index in [1.54, 1.807) is 6.07 Å². The van der Waals surface area contributed by atoms with Crippen molar-refractivity contribution in [2.45, 2.75) is 32.1 Å². The molecule has 0 heterocycles. The summed E-state index contributed by atoms with van der Waals surface area (Å²) < 4.78 is 19.1. The van der Waals surface area contributed by atoms with Gasteiger partial charge in [-0.15, -0.1) is 0 Å². The Labute approximate surface area is 101 Å². The molecule has 0 bridgehead atoms. The first kappa shape index (κ1) is 12.1. The number of hydrogen-bond acceptors (Lipinski definition) is 2. The van der Waals surface area contributed by atoms with E-state index in [0.29, 0.717) is 24.7 Å². The fourth-order valence-electron chi connectivity index (χ4n) is 1.71. The average Bonchev–Trinajstić information content (AvgIpc) is 3.11. The van der Waals surface area contributed by atoms with Crippen molar-refractivity contribution in [3.63, 3.8) is 0 Å². The van der Waals surface area contributed by atoms with Gasteiger partial charge in [-0.3, -0.25) is 0 Å². The molecular weight excluding hydrogens is 219 g/mol. The Morgan fingerprint density at radius 2 is 2.29 bits per heavy atom. The molecular formula is C14H17FO2. The zero-order valence-electron chi connectivity index (χ0n) is 9.99. The van der Waals surface area contributed by atoms with Gasteiger partial charge in [-0.25, -0.2) is 4.39 Å². The molecule has 2 nitrogen and oxygen atoms in total. The van der Waals surface area contributed by atoms with Gasteiger partial charge in [0.1, 0.15) is 6.29 Å². The molecule has 0 saturated heterocycles. The van der Waals surface area contributed by atoms with Crippen LogP contribution in [0.4, 0.5) is 4.39 Å². The molecule has 1 unspecified atom stereocenters. The summed E-state index contributed by atoms with van der Waals surface area (Å²) in [6, 6.07) is 4.96. The Bertz CT molecular complexity index is 399. The normalized spacial score (nSPS) is 16.6. The third kappa shape index (κ3) is 3.29. The molecule has 3 heteroatoms. The molecule has 1 aromatic carbocycles. The van der Waals surface area contributed by atoms with Crippen molar-refractivity contribution in [2.75, 3.05) is 6.61 Å². The van der Waals surface area contributed by atoms with Gasteiger partial charge in [-0.05, 0) is 42.4 Å². The third-order valence-electron chi connectivity index (χ3n) is 3.15. The highest BCUT2D eigenvalue weighted by Gasteiger charge is 2.22. The van der Waals surface area contributed by atoms with Crippen LogP contribution in [-0.2, 0) is 4.79 Å². The lowest BCUT2D eigenvalue weighted by molar-refractivity contribution is -0.108. The van der Waals surface area contributed by atoms with Crippen LogP contribution in [0.25, 0.3) is 0 Å². The molecule has 0 spiro atoms. The molecule has 1 atom stereocenters. The molecule has 0 aliphatic heterocycles. The Hall–Kier alpha value is -1.38. The standard InChI is InChI=1S/C14H17FO2/c1-10(6-7-16)12-4-5-14(13(15)8-12)17-9-11-2-3-11/h4-5,7-8,10-11H,2-3,6,9H2,1H3. The minimum absolute atomic E-state index is 0.0551. The van der Waals surface area contributed by atoms with Crippen molar-refractivity contribution in [1.82, 2.24) is 0 Å². The molecule has 1 saturated carbocycles. The first-order chi connectivity index (χ1) is 8.20. The van der Waals surface area contributed by atoms with Gasteiger partial charge in [-0.2, -0.15) is 0 Å². The molecule has 0 radical (unpaired) electrons. The SMILES string of the molecule is CC(CC=O)c1ccc(OCC2CC2)c(F)c1. The van der Waals surface area contributed by atoms with Crippen LogP contribution in [0.2, 0.25) is 0 Å². The van der Waals surface area contributed by atoms with Gasteiger partial charge in [0.05, 0.1) is 6.61 Å². The van der Waals surface area contributed by atoms with Crippen molar-refractivity contribution >= 4 is 6.29 Å². The molecule has 0 aromatic heterocycles. The van der Waals surface area contributed by atoms with Crippen LogP contribution in [-0.4, -0.2) is 12.9 Å². The first-order valence-electron chi connectivity index (χ1n) is 6.06. The zero-order valence-corrected chi connectivity index (χ0v) is 9.99. The van der Waals surface area contributed by atoms with E-state index in [1.807, 2.05) is 13.0 Å². The Morgan fingerprint density at radius 1 is 1.53 bits per heavy atom. The Morgan fingerprint density at radius 3 is 2.88 bits per heavy atom. The summed E-state index contributed by atoms with van der Waals surface area (Å²) in [5.41, 5.74) is 0.841. The van der Waals surface area contributed by atoms with Crippen molar-refractivity contribution in [2.24, 2.45) is 5.92 Å². The Kier molecular flexibility index (Phi) is 3.77. The zero-order chi connectivity index (χ0) is 12.3. The van der Waals surface area contributed by atoms with Crippen LogP contribution >= 0.6 is 0 Å². The minimum atomic E-state index is -0.333. The van der Waals surface area contributed by atoms with Crippen molar-refractivity contribution < 1.29 is 13.9 Å². The molecule has 2 rings (SSSR count). The number of carbonyl (C=O) groups is 1. The van der Waals surface area contributed by atoms with Crippen LogP contribution in [0.5, 0.6) is 5.75 Å². The molecule has 1 fully saturated rings. The number of rotatable bonds is 6. The lowest BCUT2D eigenvalue weighted by Gasteiger charge is -2.11. The van der Waals surface area contributed by atoms with Crippen LogP contribution in [0.15, 0.2) is 18.2 Å². The highest BCUT2D eigenvalue weighted by Crippen LogP contribution is 2.31. The van der Waals surface area contributed by atoms with E-state index in [1.165, 1.54) is 18.9 Å². The highest BCUT2D eigenvalue weighted by atomic mass is 19.1. The topological polar surface area (TPSA) is 26.3 Å². The second-order valence-corrected chi connectivity index (χ2v) is 4.75. The van der Waals surface area contributed by atoms with E-state index in [0.717, 1.165) is 11.8 Å². The number of halogens is 1. The Balaban J connectivity index is 2.01. The van der Waals surface area contributed by atoms with Gasteiger partial charge >= 0.3 is 0 Å². The smallest absolute Gasteiger partial charge is 0.165 e. The van der Waals surface area contributed by atoms with Crippen molar-refractivity contribution in [3.05, 3.63) is 29.6 Å². The third-order valence-corrected chi connectivity index (χ3v) is 3.15. The number of ether oxygens (including phenoxy) is 1. The van der Waals surface area contributed by atoms with Crippen LogP contribution < -0.4 is 4.74 Å². The van der Waals surface area contributed by atoms with Crippen molar-refractivity contribution in [1.29, 1.82) is 0 Å². The fourth-order valence-corrected chi connectivity index (χ4v) is 1.71. The predicted octanol–water partition coefficient (Wildman–Crippen LogP) is 3.31. The van der Waals surface area contributed by atoms with Gasteiger partial charge in [0.2, 0.25) is 0 Å². The van der Waals surface area contributed by atoms with Gasteiger partial charge < -0.3 is 9.53 Å². The first-order valence-corrected chi connectivity index (χ1v) is 6.06. The lowest BCUT2D eigenvalue weighted by Crippen LogP contribution is -2.02. The molecule has 1 aromatic rings. The van der Waals surface area contributed by atoms with Crippen LogP contribution in [0.3, 0.4) is 0 Å². The maximum Gasteiger partial charge on any atom is 0.165 e. The molecule has 0 N–H and O–H groups in total. The van der Waals surface area contributed by atoms with Crippen LogP contribution in [0, 0.1) is 11.7 Å². The van der Waals surface area contributed by atoms with E-state index >= 15 is 0 Å².